The van der Waals surface area contributed by atoms with Crippen molar-refractivity contribution >= 4 is 44.1 Å². The molecule has 1 fully saturated rings. The van der Waals surface area contributed by atoms with Crippen LogP contribution in [0.5, 0.6) is 5.75 Å². The van der Waals surface area contributed by atoms with Gasteiger partial charge in [0.15, 0.2) is 6.73 Å². The van der Waals surface area contributed by atoms with E-state index in [1.807, 2.05) is 12.1 Å². The monoisotopic (exact) mass is 550 g/mol. The number of nitrogens with zero attached hydrogens (tertiary/aromatic N) is 4. The fraction of sp³-hybridized carbons (Fsp3) is 0.379. The van der Waals surface area contributed by atoms with Crippen molar-refractivity contribution in [3.05, 3.63) is 70.3 Å². The number of carbonyl (C=O) groups excluding carboxylic acids is 1. The molecule has 0 saturated carbocycles. The number of unbranched alkanes of at least 4 members (excludes halogenated alkanes) is 1. The lowest BCUT2D eigenvalue weighted by Gasteiger charge is -2.36. The van der Waals surface area contributed by atoms with Gasteiger partial charge in [-0.25, -0.2) is 4.79 Å². The Morgan fingerprint density at radius 2 is 1.87 bits per heavy atom. The van der Waals surface area contributed by atoms with Crippen LogP contribution in [0.3, 0.4) is 0 Å². The number of thiophene rings is 1. The highest BCUT2D eigenvalue weighted by atomic mass is 32.1. The molecule has 2 aromatic heterocycles. The first kappa shape index (κ1) is 27.0. The highest BCUT2D eigenvalue weighted by Crippen LogP contribution is 2.31. The van der Waals surface area contributed by atoms with Crippen LogP contribution >= 0.6 is 11.3 Å². The molecule has 1 aliphatic rings. The molecule has 0 radical (unpaired) electrons. The largest absolute Gasteiger partial charge is 0.494 e. The number of rotatable bonds is 10. The number of piperazine rings is 1. The number of carbonyl (C=O) groups is 1. The summed E-state index contributed by atoms with van der Waals surface area (Å²) < 4.78 is 13.8. The maximum absolute atomic E-state index is 12.4. The molecule has 39 heavy (non-hydrogen) atoms. The average Bonchev–Trinajstić information content (AvgIpc) is 3.45. The number of benzene rings is 2. The third kappa shape index (κ3) is 6.35. The van der Waals surface area contributed by atoms with E-state index >= 15 is 0 Å². The normalized spacial score (nSPS) is 14.2. The molecule has 0 unspecified atom stereocenters. The number of hydroxylamine groups is 2. The lowest BCUT2D eigenvalue weighted by Crippen LogP contribution is -2.46. The van der Waals surface area contributed by atoms with Gasteiger partial charge in [0.25, 0.3) is 5.56 Å². The Morgan fingerprint density at radius 1 is 1.05 bits per heavy atom. The number of hydrogen-bond donors (Lipinski definition) is 1. The van der Waals surface area contributed by atoms with Crippen molar-refractivity contribution in [3.63, 3.8) is 0 Å². The van der Waals surface area contributed by atoms with E-state index in [1.165, 1.54) is 26.4 Å². The van der Waals surface area contributed by atoms with E-state index in [4.69, 9.17) is 9.47 Å². The summed E-state index contributed by atoms with van der Waals surface area (Å²) in [6, 6.07) is 17.5. The summed E-state index contributed by atoms with van der Waals surface area (Å²) in [7, 11) is 0. The SMILES string of the molecule is CCN(O)C(=O)OCn1c(=O)ccc2ccc(OCCCCN3CCN(c4cccc5sccc45)CC3)cc21. The third-order valence-electron chi connectivity index (χ3n) is 7.11. The van der Waals surface area contributed by atoms with E-state index in [-0.39, 0.29) is 18.8 Å². The van der Waals surface area contributed by atoms with Crippen LogP contribution in [0.25, 0.3) is 21.0 Å². The van der Waals surface area contributed by atoms with Crippen molar-refractivity contribution in [2.45, 2.75) is 26.5 Å². The molecule has 206 valence electrons. The molecule has 10 heteroatoms. The van der Waals surface area contributed by atoms with Crippen LogP contribution in [0.2, 0.25) is 0 Å². The van der Waals surface area contributed by atoms with Crippen molar-refractivity contribution in [1.82, 2.24) is 14.5 Å². The highest BCUT2D eigenvalue weighted by molar-refractivity contribution is 7.17. The van der Waals surface area contributed by atoms with Crippen LogP contribution in [0.4, 0.5) is 10.5 Å². The summed E-state index contributed by atoms with van der Waals surface area (Å²) in [4.78, 5) is 29.3. The first-order valence-corrected chi connectivity index (χ1v) is 14.2. The Balaban J connectivity index is 1.09. The number of amides is 1. The van der Waals surface area contributed by atoms with E-state index in [0.717, 1.165) is 51.0 Å². The number of ether oxygens (including phenoxy) is 2. The van der Waals surface area contributed by atoms with Crippen LogP contribution in [0.15, 0.2) is 64.8 Å². The zero-order valence-electron chi connectivity index (χ0n) is 22.1. The molecule has 1 N–H and O–H groups in total. The summed E-state index contributed by atoms with van der Waals surface area (Å²) in [5, 5.41) is 14.3. The quantitative estimate of drug-likeness (QED) is 0.169. The fourth-order valence-corrected chi connectivity index (χ4v) is 5.72. The number of hydrogen-bond acceptors (Lipinski definition) is 8. The fourth-order valence-electron chi connectivity index (χ4n) is 4.91. The van der Waals surface area contributed by atoms with E-state index in [0.29, 0.717) is 22.9 Å². The smallest absolute Gasteiger partial charge is 0.435 e. The molecule has 2 aromatic carbocycles. The third-order valence-corrected chi connectivity index (χ3v) is 8.00. The van der Waals surface area contributed by atoms with Crippen LogP contribution in [0.1, 0.15) is 19.8 Å². The summed E-state index contributed by atoms with van der Waals surface area (Å²) in [5.41, 5.74) is 1.64. The summed E-state index contributed by atoms with van der Waals surface area (Å²) in [6.45, 7) is 7.21. The van der Waals surface area contributed by atoms with Gasteiger partial charge in [0, 0.05) is 60.6 Å². The summed E-state index contributed by atoms with van der Waals surface area (Å²) >= 11 is 1.79. The second kappa shape index (κ2) is 12.5. The second-order valence-electron chi connectivity index (χ2n) is 9.57. The van der Waals surface area contributed by atoms with Crippen LogP contribution in [-0.2, 0) is 11.5 Å². The molecule has 4 aromatic rings. The van der Waals surface area contributed by atoms with Gasteiger partial charge in [-0.15, -0.1) is 11.3 Å². The van der Waals surface area contributed by atoms with Gasteiger partial charge in [0.1, 0.15) is 5.75 Å². The average molecular weight is 551 g/mol. The van der Waals surface area contributed by atoms with Gasteiger partial charge in [0.05, 0.1) is 12.1 Å². The van der Waals surface area contributed by atoms with Crippen LogP contribution in [-0.4, -0.2) is 71.7 Å². The maximum atomic E-state index is 12.4. The maximum Gasteiger partial charge on any atom is 0.435 e. The standard InChI is InChI=1S/C29H34N4O5S/c1-2-33(36)29(35)38-21-32-26-20-23(10-8-22(26)9-11-28(32)34)37-18-4-3-13-30-14-16-31(17-15-30)25-6-5-7-27-24(25)12-19-39-27/h5-12,19-20,36H,2-4,13-18,21H2,1H3. The Hall–Kier alpha value is -3.60. The molecule has 5 rings (SSSR count). The molecule has 0 atom stereocenters. The zero-order valence-corrected chi connectivity index (χ0v) is 22.9. The lowest BCUT2D eigenvalue weighted by molar-refractivity contribution is -0.0766. The second-order valence-corrected chi connectivity index (χ2v) is 10.5. The predicted octanol–water partition coefficient (Wildman–Crippen LogP) is 5.00. The Bertz CT molecular complexity index is 1480. The number of pyridine rings is 1. The molecule has 9 nitrogen and oxygen atoms in total. The Kier molecular flexibility index (Phi) is 8.65. The molecule has 0 aliphatic carbocycles. The summed E-state index contributed by atoms with van der Waals surface area (Å²) in [6.07, 6.45) is 1.06. The first-order valence-electron chi connectivity index (χ1n) is 13.4. The molecule has 0 bridgehead atoms. The van der Waals surface area contributed by atoms with Gasteiger partial charge in [-0.2, -0.15) is 5.06 Å². The predicted molar refractivity (Wildman–Crippen MR) is 154 cm³/mol. The van der Waals surface area contributed by atoms with Crippen molar-refractivity contribution < 1.29 is 19.5 Å². The molecule has 0 spiro atoms. The molecule has 1 amide bonds. The number of aromatic nitrogens is 1. The van der Waals surface area contributed by atoms with Crippen LogP contribution in [0, 0.1) is 0 Å². The van der Waals surface area contributed by atoms with Gasteiger partial charge in [-0.3, -0.25) is 19.5 Å². The summed E-state index contributed by atoms with van der Waals surface area (Å²) in [5.74, 6) is 0.654. The number of fused-ring (bicyclic) bond motifs is 2. The number of anilines is 1. The van der Waals surface area contributed by atoms with Crippen LogP contribution < -0.4 is 15.2 Å². The van der Waals surface area contributed by atoms with Crippen molar-refractivity contribution in [2.24, 2.45) is 0 Å². The van der Waals surface area contributed by atoms with Gasteiger partial charge in [-0.1, -0.05) is 6.07 Å². The molecule has 1 aliphatic heterocycles. The molecule has 1 saturated heterocycles. The van der Waals surface area contributed by atoms with Gasteiger partial charge in [-0.05, 0) is 73.5 Å². The lowest BCUT2D eigenvalue weighted by atomic mass is 10.2. The molecular formula is C29H34N4O5S. The minimum Gasteiger partial charge on any atom is -0.494 e. The van der Waals surface area contributed by atoms with Crippen molar-refractivity contribution in [2.75, 3.05) is 50.8 Å². The topological polar surface area (TPSA) is 87.5 Å². The van der Waals surface area contributed by atoms with E-state index in [9.17, 15) is 14.8 Å². The highest BCUT2D eigenvalue weighted by Gasteiger charge is 2.18. The van der Waals surface area contributed by atoms with Crippen molar-refractivity contribution in [3.8, 4) is 5.75 Å². The van der Waals surface area contributed by atoms with Crippen molar-refractivity contribution in [1.29, 1.82) is 0 Å². The first-order chi connectivity index (χ1) is 19.0. The van der Waals surface area contributed by atoms with Gasteiger partial charge < -0.3 is 14.4 Å². The van der Waals surface area contributed by atoms with E-state index in [1.54, 1.807) is 30.4 Å². The minimum atomic E-state index is -0.907. The van der Waals surface area contributed by atoms with Gasteiger partial charge >= 0.3 is 6.09 Å². The minimum absolute atomic E-state index is 0.0872. The van der Waals surface area contributed by atoms with E-state index in [2.05, 4.69) is 39.4 Å². The molecular weight excluding hydrogens is 516 g/mol. The zero-order chi connectivity index (χ0) is 27.2. The Morgan fingerprint density at radius 3 is 2.69 bits per heavy atom. The molecule has 3 heterocycles. The van der Waals surface area contributed by atoms with E-state index < -0.39 is 6.09 Å². The Labute approximate surface area is 231 Å². The van der Waals surface area contributed by atoms with Gasteiger partial charge in [0.2, 0.25) is 0 Å².